The number of hydrogen-bond donors (Lipinski definition) is 2. The van der Waals surface area contributed by atoms with E-state index in [0.29, 0.717) is 12.6 Å². The van der Waals surface area contributed by atoms with Gasteiger partial charge in [0.25, 0.3) is 0 Å². The third kappa shape index (κ3) is 3.44. The molecule has 0 aliphatic heterocycles. The van der Waals surface area contributed by atoms with Crippen LogP contribution in [0.2, 0.25) is 5.02 Å². The van der Waals surface area contributed by atoms with E-state index in [1.54, 1.807) is 0 Å². The zero-order valence-electron chi connectivity index (χ0n) is 11.3. The summed E-state index contributed by atoms with van der Waals surface area (Å²) in [5.41, 5.74) is 2.06. The van der Waals surface area contributed by atoms with Gasteiger partial charge in [-0.15, -0.1) is 0 Å². The van der Waals surface area contributed by atoms with Crippen LogP contribution in [0.5, 0.6) is 0 Å². The Morgan fingerprint density at radius 2 is 2.10 bits per heavy atom. The standard InChI is InChI=1S/C15H19ClN2O2/c16-14-6-1-10(7-11(14)8-17-12-2-3-12)9-18(15(19)20)13-4-5-13/h1,6-7,12-13,17H,2-5,8-9H2,(H,19,20). The second-order valence-electron chi connectivity index (χ2n) is 5.72. The van der Waals surface area contributed by atoms with Crippen molar-refractivity contribution >= 4 is 17.7 Å². The Hall–Kier alpha value is -1.26. The molecule has 1 amide bonds. The molecule has 108 valence electrons. The second-order valence-corrected chi connectivity index (χ2v) is 6.13. The Kier molecular flexibility index (Phi) is 3.85. The number of carbonyl (C=O) groups is 1. The van der Waals surface area contributed by atoms with Crippen LogP contribution in [-0.4, -0.2) is 28.2 Å². The molecule has 3 rings (SSSR count). The fraction of sp³-hybridized carbons (Fsp3) is 0.533. The summed E-state index contributed by atoms with van der Waals surface area (Å²) in [6, 6.07) is 6.65. The number of nitrogens with one attached hydrogen (secondary N) is 1. The summed E-state index contributed by atoms with van der Waals surface area (Å²) < 4.78 is 0. The molecule has 0 heterocycles. The van der Waals surface area contributed by atoms with Gasteiger partial charge in [0.05, 0.1) is 0 Å². The minimum absolute atomic E-state index is 0.205. The molecule has 0 atom stereocenters. The summed E-state index contributed by atoms with van der Waals surface area (Å²) in [5.74, 6) is 0. The maximum absolute atomic E-state index is 11.2. The van der Waals surface area contributed by atoms with Crippen LogP contribution in [0.1, 0.15) is 36.8 Å². The number of nitrogens with zero attached hydrogens (tertiary/aromatic N) is 1. The molecule has 2 saturated carbocycles. The fourth-order valence-electron chi connectivity index (χ4n) is 2.34. The van der Waals surface area contributed by atoms with Crippen molar-refractivity contribution in [3.63, 3.8) is 0 Å². The maximum atomic E-state index is 11.2. The van der Waals surface area contributed by atoms with Crippen LogP contribution in [0.4, 0.5) is 4.79 Å². The van der Waals surface area contributed by atoms with E-state index in [0.717, 1.165) is 35.5 Å². The van der Waals surface area contributed by atoms with Crippen molar-refractivity contribution in [2.75, 3.05) is 0 Å². The molecule has 2 N–H and O–H groups in total. The summed E-state index contributed by atoms with van der Waals surface area (Å²) in [4.78, 5) is 12.8. The number of halogens is 1. The minimum atomic E-state index is -0.833. The lowest BCUT2D eigenvalue weighted by molar-refractivity contribution is 0.139. The Labute approximate surface area is 123 Å². The number of benzene rings is 1. The SMILES string of the molecule is O=C(O)N(Cc1ccc(Cl)c(CNC2CC2)c1)C1CC1. The molecule has 0 radical (unpaired) electrons. The monoisotopic (exact) mass is 294 g/mol. The van der Waals surface area contributed by atoms with Crippen molar-refractivity contribution in [1.29, 1.82) is 0 Å². The predicted molar refractivity (Wildman–Crippen MR) is 77.9 cm³/mol. The van der Waals surface area contributed by atoms with Gasteiger partial charge in [0.1, 0.15) is 0 Å². The molecule has 5 heteroatoms. The zero-order chi connectivity index (χ0) is 14.1. The van der Waals surface area contributed by atoms with E-state index in [-0.39, 0.29) is 6.04 Å². The second kappa shape index (κ2) is 5.62. The first-order valence-corrected chi connectivity index (χ1v) is 7.51. The van der Waals surface area contributed by atoms with E-state index < -0.39 is 6.09 Å². The van der Waals surface area contributed by atoms with Crippen LogP contribution in [-0.2, 0) is 13.1 Å². The largest absolute Gasteiger partial charge is 0.465 e. The van der Waals surface area contributed by atoms with Crippen molar-refractivity contribution in [2.24, 2.45) is 0 Å². The smallest absolute Gasteiger partial charge is 0.407 e. The van der Waals surface area contributed by atoms with Crippen LogP contribution in [0, 0.1) is 0 Å². The first-order chi connectivity index (χ1) is 9.63. The quantitative estimate of drug-likeness (QED) is 0.847. The summed E-state index contributed by atoms with van der Waals surface area (Å²) in [7, 11) is 0. The van der Waals surface area contributed by atoms with Gasteiger partial charge in [0.15, 0.2) is 0 Å². The van der Waals surface area contributed by atoms with Crippen molar-refractivity contribution < 1.29 is 9.90 Å². The Bertz CT molecular complexity index is 513. The number of carboxylic acid groups (broad SMARTS) is 1. The molecule has 20 heavy (non-hydrogen) atoms. The highest BCUT2D eigenvalue weighted by molar-refractivity contribution is 6.31. The van der Waals surface area contributed by atoms with Crippen molar-refractivity contribution in [3.05, 3.63) is 34.3 Å². The molecule has 2 fully saturated rings. The van der Waals surface area contributed by atoms with E-state index in [4.69, 9.17) is 11.6 Å². The van der Waals surface area contributed by atoms with E-state index in [1.165, 1.54) is 17.7 Å². The molecule has 1 aromatic rings. The van der Waals surface area contributed by atoms with Gasteiger partial charge in [-0.1, -0.05) is 23.7 Å². The van der Waals surface area contributed by atoms with Crippen molar-refractivity contribution in [1.82, 2.24) is 10.2 Å². The minimum Gasteiger partial charge on any atom is -0.465 e. The van der Waals surface area contributed by atoms with Crippen LogP contribution in [0.15, 0.2) is 18.2 Å². The van der Waals surface area contributed by atoms with E-state index >= 15 is 0 Å². The Morgan fingerprint density at radius 1 is 1.35 bits per heavy atom. The zero-order valence-corrected chi connectivity index (χ0v) is 12.1. The summed E-state index contributed by atoms with van der Waals surface area (Å²) in [6.07, 6.45) is 3.61. The van der Waals surface area contributed by atoms with Gasteiger partial charge in [0, 0.05) is 30.2 Å². The molecule has 2 aliphatic rings. The normalized spacial score (nSPS) is 18.1. The van der Waals surface area contributed by atoms with E-state index in [2.05, 4.69) is 5.32 Å². The molecular formula is C15H19ClN2O2. The fourth-order valence-corrected chi connectivity index (χ4v) is 2.52. The maximum Gasteiger partial charge on any atom is 0.407 e. The first-order valence-electron chi connectivity index (χ1n) is 7.14. The average molecular weight is 295 g/mol. The molecule has 2 aliphatic carbocycles. The molecule has 0 bridgehead atoms. The average Bonchev–Trinajstić information content (AvgIpc) is 3.27. The van der Waals surface area contributed by atoms with Gasteiger partial charge < -0.3 is 15.3 Å². The molecule has 0 unspecified atom stereocenters. The highest BCUT2D eigenvalue weighted by Crippen LogP contribution is 2.29. The van der Waals surface area contributed by atoms with Crippen molar-refractivity contribution in [3.8, 4) is 0 Å². The van der Waals surface area contributed by atoms with Gasteiger partial charge >= 0.3 is 6.09 Å². The predicted octanol–water partition coefficient (Wildman–Crippen LogP) is 3.23. The number of rotatable bonds is 6. The van der Waals surface area contributed by atoms with Gasteiger partial charge in [-0.3, -0.25) is 0 Å². The summed E-state index contributed by atoms with van der Waals surface area (Å²) in [5, 5.41) is 13.4. The molecule has 0 aromatic heterocycles. The molecular weight excluding hydrogens is 276 g/mol. The van der Waals surface area contributed by atoms with Crippen molar-refractivity contribution in [2.45, 2.75) is 50.9 Å². The highest BCUT2D eigenvalue weighted by Gasteiger charge is 2.32. The molecule has 0 saturated heterocycles. The molecule has 1 aromatic carbocycles. The first kappa shape index (κ1) is 13.7. The lowest BCUT2D eigenvalue weighted by Gasteiger charge is -2.19. The van der Waals surface area contributed by atoms with Gasteiger partial charge in [0.2, 0.25) is 0 Å². The summed E-state index contributed by atoms with van der Waals surface area (Å²) >= 11 is 6.20. The Balaban J connectivity index is 1.68. The van der Waals surface area contributed by atoms with E-state index in [1.807, 2.05) is 18.2 Å². The Morgan fingerprint density at radius 3 is 2.70 bits per heavy atom. The highest BCUT2D eigenvalue weighted by atomic mass is 35.5. The lowest BCUT2D eigenvalue weighted by atomic mass is 10.1. The van der Waals surface area contributed by atoms with E-state index in [9.17, 15) is 9.90 Å². The molecule has 0 spiro atoms. The van der Waals surface area contributed by atoms with Gasteiger partial charge in [-0.25, -0.2) is 4.79 Å². The number of hydrogen-bond acceptors (Lipinski definition) is 2. The van der Waals surface area contributed by atoms with Gasteiger partial charge in [-0.05, 0) is 42.9 Å². The van der Waals surface area contributed by atoms with Crippen LogP contribution >= 0.6 is 11.6 Å². The topological polar surface area (TPSA) is 52.6 Å². The third-order valence-corrected chi connectivity index (χ3v) is 4.22. The third-order valence-electron chi connectivity index (χ3n) is 3.85. The summed E-state index contributed by atoms with van der Waals surface area (Å²) in [6.45, 7) is 1.21. The number of amides is 1. The van der Waals surface area contributed by atoms with Gasteiger partial charge in [-0.2, -0.15) is 0 Å². The molecule has 4 nitrogen and oxygen atoms in total. The van der Waals surface area contributed by atoms with Crippen LogP contribution in [0.3, 0.4) is 0 Å². The lowest BCUT2D eigenvalue weighted by Crippen LogP contribution is -2.31. The van der Waals surface area contributed by atoms with Crippen LogP contribution < -0.4 is 5.32 Å². The van der Waals surface area contributed by atoms with Crippen LogP contribution in [0.25, 0.3) is 0 Å².